The molecule has 12 heteroatoms. The molecule has 0 unspecified atom stereocenters. The number of aromatic amines is 1. The van der Waals surface area contributed by atoms with Gasteiger partial charge in [0, 0.05) is 51.3 Å². The number of nitrogens with one attached hydrogen (secondary N) is 1. The lowest BCUT2D eigenvalue weighted by Crippen LogP contribution is -2.48. The molecule has 1 amide bonds. The Balaban J connectivity index is 1.42. The summed E-state index contributed by atoms with van der Waals surface area (Å²) in [5, 5.41) is 0.940. The zero-order chi connectivity index (χ0) is 26.4. The number of halogens is 2. The summed E-state index contributed by atoms with van der Waals surface area (Å²) in [5.74, 6) is 2.24. The lowest BCUT2D eigenvalue weighted by molar-refractivity contribution is -0.129. The first kappa shape index (κ1) is 24.4. The summed E-state index contributed by atoms with van der Waals surface area (Å²) in [4.78, 5) is 37.8. The lowest BCUT2D eigenvalue weighted by Gasteiger charge is -2.35. The fraction of sp³-hybridized carbons (Fsp3) is 0.269. The van der Waals surface area contributed by atoms with Crippen LogP contribution in [-0.4, -0.2) is 73.4 Å². The van der Waals surface area contributed by atoms with E-state index in [1.165, 1.54) is 0 Å². The van der Waals surface area contributed by atoms with Gasteiger partial charge < -0.3 is 19.5 Å². The highest BCUT2D eigenvalue weighted by Crippen LogP contribution is 2.33. The molecule has 4 aromatic heterocycles. The van der Waals surface area contributed by atoms with Gasteiger partial charge in [0.05, 0.1) is 35.2 Å². The van der Waals surface area contributed by atoms with Crippen molar-refractivity contribution in [2.45, 2.75) is 13.3 Å². The molecule has 5 heterocycles. The largest absolute Gasteiger partial charge is 0.497 e. The van der Waals surface area contributed by atoms with Crippen LogP contribution in [0, 0.1) is 0 Å². The van der Waals surface area contributed by atoms with Crippen molar-refractivity contribution < 1.29 is 9.53 Å². The van der Waals surface area contributed by atoms with Crippen LogP contribution in [0.1, 0.15) is 18.4 Å². The highest BCUT2D eigenvalue weighted by molar-refractivity contribution is 6.33. The van der Waals surface area contributed by atoms with Crippen LogP contribution in [0.25, 0.3) is 28.1 Å². The van der Waals surface area contributed by atoms with E-state index in [4.69, 9.17) is 37.9 Å². The number of ether oxygens (including phenoxy) is 1. The minimum absolute atomic E-state index is 0.0805. The molecular weight excluding hydrogens is 527 g/mol. The van der Waals surface area contributed by atoms with Crippen molar-refractivity contribution in [3.63, 3.8) is 0 Å². The molecule has 5 aromatic rings. The van der Waals surface area contributed by atoms with Crippen molar-refractivity contribution in [1.29, 1.82) is 0 Å². The van der Waals surface area contributed by atoms with Crippen LogP contribution in [-0.2, 0) is 11.2 Å². The molecule has 1 saturated heterocycles. The van der Waals surface area contributed by atoms with Gasteiger partial charge in [0.1, 0.15) is 16.7 Å². The number of carbonyl (C=O) groups excluding carboxylic acids is 1. The predicted molar refractivity (Wildman–Crippen MR) is 146 cm³/mol. The van der Waals surface area contributed by atoms with Crippen molar-refractivity contribution in [1.82, 2.24) is 34.2 Å². The van der Waals surface area contributed by atoms with Crippen molar-refractivity contribution >= 4 is 51.7 Å². The highest BCUT2D eigenvalue weighted by atomic mass is 35.5. The van der Waals surface area contributed by atoms with Gasteiger partial charge in [-0.1, -0.05) is 23.2 Å². The Morgan fingerprint density at radius 2 is 1.89 bits per heavy atom. The first-order valence-corrected chi connectivity index (χ1v) is 12.9. The van der Waals surface area contributed by atoms with Gasteiger partial charge in [-0.3, -0.25) is 9.20 Å². The van der Waals surface area contributed by atoms with E-state index >= 15 is 0 Å². The van der Waals surface area contributed by atoms with E-state index in [0.717, 1.165) is 34.1 Å². The number of hydrogen-bond acceptors (Lipinski definition) is 7. The van der Waals surface area contributed by atoms with Crippen molar-refractivity contribution in [3.05, 3.63) is 64.4 Å². The van der Waals surface area contributed by atoms with Gasteiger partial charge in [0.15, 0.2) is 17.1 Å². The molecule has 1 N–H and O–H groups in total. The summed E-state index contributed by atoms with van der Waals surface area (Å²) >= 11 is 12.7. The van der Waals surface area contributed by atoms with Crippen LogP contribution in [0.15, 0.2) is 42.7 Å². The fourth-order valence-electron chi connectivity index (χ4n) is 4.76. The number of amides is 1. The van der Waals surface area contributed by atoms with E-state index in [-0.39, 0.29) is 5.91 Å². The molecule has 1 aromatic carbocycles. The Labute approximate surface area is 228 Å². The predicted octanol–water partition coefficient (Wildman–Crippen LogP) is 4.24. The van der Waals surface area contributed by atoms with Crippen LogP contribution >= 0.6 is 23.2 Å². The second-order valence-electron chi connectivity index (χ2n) is 9.10. The standard InChI is InChI=1S/C26H24Cl2N8O2/c1-15(37)34-7-9-35(10-8-34)25-26-30-16(11-23-31-20-5-6-22(28)32-24(20)33-23)14-36(26)21(13-29-25)18-4-3-17(38-2)12-19(18)27/h3-6,12-14H,7-11H2,1-2H3,(H,31,32,33). The molecule has 0 bridgehead atoms. The van der Waals surface area contributed by atoms with Crippen molar-refractivity contribution in [2.75, 3.05) is 38.2 Å². The van der Waals surface area contributed by atoms with E-state index in [0.29, 0.717) is 59.8 Å². The Kier molecular flexibility index (Phi) is 6.29. The van der Waals surface area contributed by atoms with Gasteiger partial charge >= 0.3 is 0 Å². The Morgan fingerprint density at radius 3 is 2.63 bits per heavy atom. The summed E-state index contributed by atoms with van der Waals surface area (Å²) in [6, 6.07) is 9.15. The molecule has 0 aliphatic carbocycles. The summed E-state index contributed by atoms with van der Waals surface area (Å²) in [7, 11) is 1.61. The molecule has 38 heavy (non-hydrogen) atoms. The molecule has 1 aliphatic heterocycles. The van der Waals surface area contributed by atoms with E-state index in [2.05, 4.69) is 19.9 Å². The Bertz CT molecular complexity index is 1670. The number of aromatic nitrogens is 6. The number of pyridine rings is 1. The van der Waals surface area contributed by atoms with E-state index < -0.39 is 0 Å². The second-order valence-corrected chi connectivity index (χ2v) is 9.89. The SMILES string of the molecule is COc1ccc(-c2cnc(N3CCN(C(C)=O)CC3)c3nc(Cc4nc5nc(Cl)ccc5[nH]4)cn23)c(Cl)c1. The number of rotatable bonds is 5. The number of benzene rings is 1. The zero-order valence-electron chi connectivity index (χ0n) is 20.8. The van der Waals surface area contributed by atoms with Crippen LogP contribution in [0.4, 0.5) is 5.82 Å². The molecular formula is C26H24Cl2N8O2. The first-order chi connectivity index (χ1) is 18.4. The van der Waals surface area contributed by atoms with Crippen LogP contribution in [0.2, 0.25) is 10.2 Å². The Morgan fingerprint density at radius 1 is 1.08 bits per heavy atom. The molecule has 1 fully saturated rings. The second kappa shape index (κ2) is 9.77. The van der Waals surface area contributed by atoms with Gasteiger partial charge in [-0.05, 0) is 30.3 Å². The number of H-pyrrole nitrogens is 1. The van der Waals surface area contributed by atoms with Crippen LogP contribution in [0.3, 0.4) is 0 Å². The molecule has 0 radical (unpaired) electrons. The molecule has 0 saturated carbocycles. The number of imidazole rings is 2. The van der Waals surface area contributed by atoms with E-state index in [9.17, 15) is 4.79 Å². The van der Waals surface area contributed by atoms with Gasteiger partial charge in [-0.15, -0.1) is 0 Å². The number of methoxy groups -OCH3 is 1. The summed E-state index contributed by atoms with van der Waals surface area (Å²) < 4.78 is 7.34. The van der Waals surface area contributed by atoms with E-state index in [1.54, 1.807) is 26.2 Å². The maximum atomic E-state index is 11.8. The average molecular weight is 551 g/mol. The summed E-state index contributed by atoms with van der Waals surface area (Å²) in [6.07, 6.45) is 4.25. The smallest absolute Gasteiger partial charge is 0.219 e. The zero-order valence-corrected chi connectivity index (χ0v) is 22.3. The summed E-state index contributed by atoms with van der Waals surface area (Å²) in [5.41, 5.74) is 4.49. The van der Waals surface area contributed by atoms with Crippen molar-refractivity contribution in [2.24, 2.45) is 0 Å². The van der Waals surface area contributed by atoms with Gasteiger partial charge in [-0.2, -0.15) is 0 Å². The maximum absolute atomic E-state index is 11.8. The number of nitrogens with zero attached hydrogens (tertiary/aromatic N) is 7. The number of anilines is 1. The Hall–Kier alpha value is -3.89. The third kappa shape index (κ3) is 4.50. The van der Waals surface area contributed by atoms with Gasteiger partial charge in [0.2, 0.25) is 5.91 Å². The normalized spacial score (nSPS) is 14.0. The minimum Gasteiger partial charge on any atom is -0.497 e. The van der Waals surface area contributed by atoms with Crippen LogP contribution < -0.4 is 9.64 Å². The number of fused-ring (bicyclic) bond motifs is 2. The molecule has 6 rings (SSSR count). The monoisotopic (exact) mass is 550 g/mol. The fourth-order valence-corrected chi connectivity index (χ4v) is 5.17. The quantitative estimate of drug-likeness (QED) is 0.326. The third-order valence-corrected chi connectivity index (χ3v) is 7.23. The third-order valence-electron chi connectivity index (χ3n) is 6.71. The maximum Gasteiger partial charge on any atom is 0.219 e. The van der Waals surface area contributed by atoms with Gasteiger partial charge in [0.25, 0.3) is 0 Å². The summed E-state index contributed by atoms with van der Waals surface area (Å²) in [6.45, 7) is 4.21. The highest BCUT2D eigenvalue weighted by Gasteiger charge is 2.24. The van der Waals surface area contributed by atoms with Crippen LogP contribution in [0.5, 0.6) is 5.75 Å². The topological polar surface area (TPSA) is 105 Å². The molecule has 194 valence electrons. The first-order valence-electron chi connectivity index (χ1n) is 12.1. The van der Waals surface area contributed by atoms with Crippen molar-refractivity contribution in [3.8, 4) is 17.0 Å². The molecule has 1 aliphatic rings. The lowest BCUT2D eigenvalue weighted by atomic mass is 10.1. The molecule has 0 atom stereocenters. The van der Waals surface area contributed by atoms with Gasteiger partial charge in [-0.25, -0.2) is 19.9 Å². The number of piperazine rings is 1. The average Bonchev–Trinajstić information content (AvgIpc) is 3.51. The van der Waals surface area contributed by atoms with E-state index in [1.807, 2.05) is 39.9 Å². The number of carbonyl (C=O) groups is 1. The number of hydrogen-bond donors (Lipinski definition) is 1. The molecule has 0 spiro atoms. The molecule has 10 nitrogen and oxygen atoms in total. The minimum atomic E-state index is 0.0805.